The van der Waals surface area contributed by atoms with E-state index in [9.17, 15) is 9.59 Å². The second-order valence-electron chi connectivity index (χ2n) is 4.26. The summed E-state index contributed by atoms with van der Waals surface area (Å²) in [5.74, 6) is -0.0287. The van der Waals surface area contributed by atoms with E-state index in [2.05, 4.69) is 10.6 Å². The van der Waals surface area contributed by atoms with E-state index >= 15 is 0 Å². The highest BCUT2D eigenvalue weighted by molar-refractivity contribution is 5.78. The van der Waals surface area contributed by atoms with Crippen molar-refractivity contribution in [1.82, 2.24) is 10.6 Å². The molecule has 2 amide bonds. The molecule has 1 aliphatic rings. The summed E-state index contributed by atoms with van der Waals surface area (Å²) >= 11 is 0. The number of nitrogens with one attached hydrogen (secondary N) is 2. The molecule has 0 spiro atoms. The van der Waals surface area contributed by atoms with Gasteiger partial charge in [0.15, 0.2) is 0 Å². The maximum absolute atomic E-state index is 11.7. The fourth-order valence-corrected chi connectivity index (χ4v) is 1.86. The molecule has 0 aliphatic carbocycles. The third-order valence-electron chi connectivity index (χ3n) is 2.82. The SMILES string of the molecule is NC(=O)CCCCNC(=O)[C@H]1CCCNC1. The largest absolute Gasteiger partial charge is 0.370 e. The van der Waals surface area contributed by atoms with Crippen molar-refractivity contribution in [3.63, 3.8) is 0 Å². The minimum atomic E-state index is -0.275. The van der Waals surface area contributed by atoms with Crippen LogP contribution in [0.2, 0.25) is 0 Å². The van der Waals surface area contributed by atoms with Crippen LogP contribution in [0.25, 0.3) is 0 Å². The highest BCUT2D eigenvalue weighted by Crippen LogP contribution is 2.09. The highest BCUT2D eigenvalue weighted by Gasteiger charge is 2.19. The Bertz CT molecular complexity index is 237. The number of hydrogen-bond acceptors (Lipinski definition) is 3. The van der Waals surface area contributed by atoms with Crippen LogP contribution in [-0.2, 0) is 9.59 Å². The lowest BCUT2D eigenvalue weighted by Gasteiger charge is -2.21. The molecule has 0 bridgehead atoms. The van der Waals surface area contributed by atoms with Gasteiger partial charge < -0.3 is 16.4 Å². The summed E-state index contributed by atoms with van der Waals surface area (Å²) in [5, 5.41) is 6.11. The van der Waals surface area contributed by atoms with Crippen LogP contribution in [0.4, 0.5) is 0 Å². The topological polar surface area (TPSA) is 84.2 Å². The number of primary amides is 1. The van der Waals surface area contributed by atoms with Crippen molar-refractivity contribution in [2.75, 3.05) is 19.6 Å². The standard InChI is InChI=1S/C11H21N3O2/c12-10(15)5-1-2-7-14-11(16)9-4-3-6-13-8-9/h9,13H,1-8H2,(H2,12,15)(H,14,16)/t9-/m0/s1. The monoisotopic (exact) mass is 227 g/mol. The van der Waals surface area contributed by atoms with Crippen LogP contribution < -0.4 is 16.4 Å². The number of amides is 2. The van der Waals surface area contributed by atoms with Crippen molar-refractivity contribution in [3.8, 4) is 0 Å². The molecule has 92 valence electrons. The van der Waals surface area contributed by atoms with Gasteiger partial charge >= 0.3 is 0 Å². The van der Waals surface area contributed by atoms with Gasteiger partial charge in [0, 0.05) is 19.5 Å². The zero-order valence-corrected chi connectivity index (χ0v) is 9.63. The Labute approximate surface area is 96.1 Å². The van der Waals surface area contributed by atoms with E-state index in [1.54, 1.807) is 0 Å². The zero-order chi connectivity index (χ0) is 11.8. The lowest BCUT2D eigenvalue weighted by Crippen LogP contribution is -2.40. The summed E-state index contributed by atoms with van der Waals surface area (Å²) in [5.41, 5.74) is 5.02. The number of hydrogen-bond donors (Lipinski definition) is 3. The van der Waals surface area contributed by atoms with Crippen LogP contribution in [-0.4, -0.2) is 31.4 Å². The van der Waals surface area contributed by atoms with Crippen LogP contribution >= 0.6 is 0 Å². The van der Waals surface area contributed by atoms with Crippen molar-refractivity contribution >= 4 is 11.8 Å². The van der Waals surface area contributed by atoms with Crippen LogP contribution in [0.1, 0.15) is 32.1 Å². The van der Waals surface area contributed by atoms with Gasteiger partial charge in [-0.25, -0.2) is 0 Å². The van der Waals surface area contributed by atoms with Gasteiger partial charge in [0.25, 0.3) is 0 Å². The summed E-state index contributed by atoms with van der Waals surface area (Å²) in [6.07, 6.45) is 4.01. The average molecular weight is 227 g/mol. The molecule has 1 aliphatic heterocycles. The highest BCUT2D eigenvalue weighted by atomic mass is 16.2. The lowest BCUT2D eigenvalue weighted by atomic mass is 9.99. The van der Waals surface area contributed by atoms with Gasteiger partial charge in [-0.15, -0.1) is 0 Å². The number of nitrogens with two attached hydrogens (primary N) is 1. The summed E-state index contributed by atoms with van der Waals surface area (Å²) < 4.78 is 0. The second kappa shape index (κ2) is 7.22. The first-order valence-corrected chi connectivity index (χ1v) is 5.97. The van der Waals surface area contributed by atoms with Crippen LogP contribution in [0.5, 0.6) is 0 Å². The van der Waals surface area contributed by atoms with E-state index in [0.717, 1.165) is 38.8 Å². The van der Waals surface area contributed by atoms with Crippen molar-refractivity contribution in [1.29, 1.82) is 0 Å². The smallest absolute Gasteiger partial charge is 0.224 e. The predicted molar refractivity (Wildman–Crippen MR) is 61.6 cm³/mol. The molecule has 5 nitrogen and oxygen atoms in total. The molecule has 0 radical (unpaired) electrons. The normalized spacial score (nSPS) is 20.4. The Kier molecular flexibility index (Phi) is 5.85. The lowest BCUT2D eigenvalue weighted by molar-refractivity contribution is -0.125. The molecule has 4 N–H and O–H groups in total. The van der Waals surface area contributed by atoms with Crippen LogP contribution in [0.3, 0.4) is 0 Å². The molecule has 1 saturated heterocycles. The van der Waals surface area contributed by atoms with Gasteiger partial charge in [-0.3, -0.25) is 9.59 Å². The van der Waals surface area contributed by atoms with Crippen LogP contribution in [0, 0.1) is 5.92 Å². The molecule has 0 aromatic carbocycles. The predicted octanol–water partition coefficient (Wildman–Crippen LogP) is -0.242. The first-order valence-electron chi connectivity index (χ1n) is 5.97. The zero-order valence-electron chi connectivity index (χ0n) is 9.63. The molecule has 0 unspecified atom stereocenters. The van der Waals surface area contributed by atoms with E-state index in [4.69, 9.17) is 5.73 Å². The Morgan fingerprint density at radius 3 is 2.81 bits per heavy atom. The van der Waals surface area contributed by atoms with Crippen LogP contribution in [0.15, 0.2) is 0 Å². The summed E-state index contributed by atoms with van der Waals surface area (Å²) in [4.78, 5) is 22.1. The van der Waals surface area contributed by atoms with Gasteiger partial charge in [-0.2, -0.15) is 0 Å². The Balaban J connectivity index is 2.03. The van der Waals surface area contributed by atoms with Crippen molar-refractivity contribution < 1.29 is 9.59 Å². The quantitative estimate of drug-likeness (QED) is 0.547. The molecule has 0 aromatic heterocycles. The van der Waals surface area contributed by atoms with E-state index in [1.807, 2.05) is 0 Å². The number of rotatable bonds is 6. The first-order chi connectivity index (χ1) is 7.70. The van der Waals surface area contributed by atoms with Gasteiger partial charge in [0.1, 0.15) is 0 Å². The van der Waals surface area contributed by atoms with E-state index in [1.165, 1.54) is 0 Å². The molecule has 1 rings (SSSR count). The van der Waals surface area contributed by atoms with Crippen molar-refractivity contribution in [2.45, 2.75) is 32.1 Å². The summed E-state index contributed by atoms with van der Waals surface area (Å²) in [6.45, 7) is 2.44. The second-order valence-corrected chi connectivity index (χ2v) is 4.26. The number of piperidine rings is 1. The van der Waals surface area contributed by atoms with Gasteiger partial charge in [-0.1, -0.05) is 0 Å². The molecule has 1 atom stereocenters. The molecule has 1 fully saturated rings. The number of carbonyl (C=O) groups excluding carboxylic acids is 2. The fraction of sp³-hybridized carbons (Fsp3) is 0.818. The maximum Gasteiger partial charge on any atom is 0.224 e. The third kappa shape index (κ3) is 5.11. The Morgan fingerprint density at radius 1 is 1.38 bits per heavy atom. The molecule has 1 heterocycles. The molecule has 0 saturated carbocycles. The van der Waals surface area contributed by atoms with E-state index in [0.29, 0.717) is 13.0 Å². The molecule has 5 heteroatoms. The Morgan fingerprint density at radius 2 is 2.19 bits per heavy atom. The molecular formula is C11H21N3O2. The summed E-state index contributed by atoms with van der Waals surface area (Å²) in [7, 11) is 0. The molecule has 0 aromatic rings. The maximum atomic E-state index is 11.7. The number of unbranched alkanes of at least 4 members (excludes halogenated alkanes) is 1. The van der Waals surface area contributed by atoms with Gasteiger partial charge in [0.2, 0.25) is 11.8 Å². The fourth-order valence-electron chi connectivity index (χ4n) is 1.86. The summed E-state index contributed by atoms with van der Waals surface area (Å²) in [6, 6.07) is 0. The number of carbonyl (C=O) groups is 2. The Hall–Kier alpha value is -1.10. The molecule has 16 heavy (non-hydrogen) atoms. The average Bonchev–Trinajstić information content (AvgIpc) is 2.29. The van der Waals surface area contributed by atoms with Gasteiger partial charge in [-0.05, 0) is 32.2 Å². The molecular weight excluding hydrogens is 206 g/mol. The third-order valence-corrected chi connectivity index (χ3v) is 2.82. The van der Waals surface area contributed by atoms with E-state index in [-0.39, 0.29) is 17.7 Å². The van der Waals surface area contributed by atoms with Gasteiger partial charge in [0.05, 0.1) is 5.92 Å². The van der Waals surface area contributed by atoms with Crippen molar-refractivity contribution in [2.24, 2.45) is 11.7 Å². The minimum Gasteiger partial charge on any atom is -0.370 e. The van der Waals surface area contributed by atoms with Crippen molar-refractivity contribution in [3.05, 3.63) is 0 Å². The minimum absolute atomic E-state index is 0.116. The van der Waals surface area contributed by atoms with E-state index < -0.39 is 0 Å². The first kappa shape index (κ1) is 13.0.